The van der Waals surface area contributed by atoms with Gasteiger partial charge in [-0.3, -0.25) is 4.79 Å². The van der Waals surface area contributed by atoms with Crippen LogP contribution in [0.4, 0.5) is 13.2 Å². The van der Waals surface area contributed by atoms with Crippen LogP contribution in [0.15, 0.2) is 0 Å². The smallest absolute Gasteiger partial charge is 0.481 e. The van der Waals surface area contributed by atoms with Gasteiger partial charge in [-0.15, -0.1) is 0 Å². The van der Waals surface area contributed by atoms with Crippen LogP contribution in [0.2, 0.25) is 0 Å². The van der Waals surface area contributed by atoms with Gasteiger partial charge in [0.25, 0.3) is 0 Å². The predicted octanol–water partition coefficient (Wildman–Crippen LogP) is 6.97. The number of rotatable bonds is 16. The van der Waals surface area contributed by atoms with E-state index >= 15 is 0 Å². The average molecular weight is 399 g/mol. The lowest BCUT2D eigenvalue weighted by molar-refractivity contribution is -0.192. The maximum absolute atomic E-state index is 10.6. The topological polar surface area (TPSA) is 74.6 Å². The molecular formula is C20H37F3O4. The first-order valence-electron chi connectivity index (χ1n) is 10.2. The van der Waals surface area contributed by atoms with Crippen LogP contribution in [0.1, 0.15) is 110 Å². The molecular weight excluding hydrogens is 361 g/mol. The molecule has 0 aromatic carbocycles. The third-order valence-electron chi connectivity index (χ3n) is 4.24. The molecule has 7 heteroatoms. The van der Waals surface area contributed by atoms with E-state index in [1.165, 1.54) is 83.5 Å². The van der Waals surface area contributed by atoms with E-state index in [4.69, 9.17) is 15.0 Å². The molecule has 0 bridgehead atoms. The summed E-state index contributed by atoms with van der Waals surface area (Å²) in [5.41, 5.74) is 0. The van der Waals surface area contributed by atoms with Gasteiger partial charge >= 0.3 is 18.1 Å². The Morgan fingerprint density at radius 3 is 1.11 bits per heavy atom. The first-order valence-corrected chi connectivity index (χ1v) is 10.2. The zero-order valence-electron chi connectivity index (χ0n) is 16.7. The third-order valence-corrected chi connectivity index (χ3v) is 4.24. The van der Waals surface area contributed by atoms with Crippen LogP contribution in [0, 0.1) is 0 Å². The van der Waals surface area contributed by atoms with Crippen molar-refractivity contribution in [2.75, 3.05) is 0 Å². The van der Waals surface area contributed by atoms with Crippen molar-refractivity contribution in [3.8, 4) is 0 Å². The highest BCUT2D eigenvalue weighted by atomic mass is 19.4. The van der Waals surface area contributed by atoms with Gasteiger partial charge in [0, 0.05) is 6.42 Å². The molecule has 0 amide bonds. The molecule has 0 rings (SSSR count). The normalized spacial score (nSPS) is 11.0. The number of halogens is 3. The summed E-state index contributed by atoms with van der Waals surface area (Å²) in [4.78, 5) is 19.2. The maximum Gasteiger partial charge on any atom is 0.490 e. The molecule has 162 valence electrons. The molecule has 27 heavy (non-hydrogen) atoms. The van der Waals surface area contributed by atoms with Gasteiger partial charge in [-0.2, -0.15) is 13.2 Å². The molecule has 0 unspecified atom stereocenters. The molecule has 0 spiro atoms. The number of carboxylic acid groups (broad SMARTS) is 2. The van der Waals surface area contributed by atoms with Crippen LogP contribution in [-0.2, 0) is 9.59 Å². The molecule has 4 nitrogen and oxygen atoms in total. The standard InChI is InChI=1S/C18H36O2.C2HF3O2/c1-2-3-4-5-6-7-8-9-10-11-12-13-14-15-16-17-18(19)20;3-2(4,5)1(6)7/h2-17H2,1H3,(H,19,20);(H,6,7). The minimum Gasteiger partial charge on any atom is -0.481 e. The lowest BCUT2D eigenvalue weighted by Crippen LogP contribution is -2.21. The fourth-order valence-corrected chi connectivity index (χ4v) is 2.65. The first-order chi connectivity index (χ1) is 12.7. The predicted molar refractivity (Wildman–Crippen MR) is 101 cm³/mol. The van der Waals surface area contributed by atoms with Crippen molar-refractivity contribution in [3.05, 3.63) is 0 Å². The monoisotopic (exact) mass is 398 g/mol. The van der Waals surface area contributed by atoms with Gasteiger partial charge in [-0.25, -0.2) is 4.79 Å². The van der Waals surface area contributed by atoms with Crippen molar-refractivity contribution >= 4 is 11.9 Å². The summed E-state index contributed by atoms with van der Waals surface area (Å²) in [6.45, 7) is 2.27. The molecule has 0 aliphatic heterocycles. The zero-order chi connectivity index (χ0) is 21.0. The number of carboxylic acids is 2. The molecule has 0 saturated heterocycles. The number of hydrogen-bond acceptors (Lipinski definition) is 2. The van der Waals surface area contributed by atoms with E-state index in [0.717, 1.165) is 12.8 Å². The molecule has 0 aliphatic rings. The van der Waals surface area contributed by atoms with Gasteiger partial charge in [0.05, 0.1) is 0 Å². The Bertz CT molecular complexity index is 358. The van der Waals surface area contributed by atoms with Crippen LogP contribution >= 0.6 is 0 Å². The summed E-state index contributed by atoms with van der Waals surface area (Å²) in [6, 6.07) is 0. The number of hydrogen-bond donors (Lipinski definition) is 2. The van der Waals surface area contributed by atoms with Crippen LogP contribution in [-0.4, -0.2) is 28.3 Å². The summed E-state index contributed by atoms with van der Waals surface area (Å²) in [6.07, 6.45) is 15.1. The van der Waals surface area contributed by atoms with Gasteiger partial charge in [0.2, 0.25) is 0 Å². The van der Waals surface area contributed by atoms with Crippen LogP contribution in [0.5, 0.6) is 0 Å². The molecule has 2 N–H and O–H groups in total. The Labute approximate surface area is 161 Å². The van der Waals surface area contributed by atoms with Crippen LogP contribution in [0.25, 0.3) is 0 Å². The van der Waals surface area contributed by atoms with Crippen molar-refractivity contribution in [1.82, 2.24) is 0 Å². The summed E-state index contributed by atoms with van der Waals surface area (Å²) in [5.74, 6) is -3.41. The second kappa shape index (κ2) is 19.5. The third kappa shape index (κ3) is 27.1. The van der Waals surface area contributed by atoms with Gasteiger partial charge in [-0.05, 0) is 6.42 Å². The Hall–Kier alpha value is -1.27. The summed E-state index contributed by atoms with van der Waals surface area (Å²) < 4.78 is 31.7. The number of aliphatic carboxylic acids is 2. The Morgan fingerprint density at radius 2 is 0.889 bits per heavy atom. The van der Waals surface area contributed by atoms with Crippen molar-refractivity contribution in [2.24, 2.45) is 0 Å². The van der Waals surface area contributed by atoms with E-state index in [1.54, 1.807) is 0 Å². The first kappa shape index (κ1) is 27.9. The van der Waals surface area contributed by atoms with Gasteiger partial charge in [0.15, 0.2) is 0 Å². The minimum absolute atomic E-state index is 0.345. The van der Waals surface area contributed by atoms with Crippen LogP contribution < -0.4 is 0 Å². The molecule has 0 heterocycles. The molecule has 0 aromatic rings. The minimum atomic E-state index is -5.08. The molecule has 0 aliphatic carbocycles. The Morgan fingerprint density at radius 1 is 0.630 bits per heavy atom. The Kier molecular flexibility index (Phi) is 20.2. The van der Waals surface area contributed by atoms with E-state index in [9.17, 15) is 18.0 Å². The van der Waals surface area contributed by atoms with E-state index in [1.807, 2.05) is 0 Å². The van der Waals surface area contributed by atoms with E-state index in [0.29, 0.717) is 6.42 Å². The highest BCUT2D eigenvalue weighted by Crippen LogP contribution is 2.14. The molecule has 0 aromatic heterocycles. The highest BCUT2D eigenvalue weighted by molar-refractivity contribution is 5.73. The number of alkyl halides is 3. The van der Waals surface area contributed by atoms with Crippen molar-refractivity contribution in [3.63, 3.8) is 0 Å². The zero-order valence-corrected chi connectivity index (χ0v) is 16.7. The number of carbonyl (C=O) groups is 2. The molecule has 0 atom stereocenters. The van der Waals surface area contributed by atoms with Crippen molar-refractivity contribution in [2.45, 2.75) is 116 Å². The SMILES string of the molecule is CCCCCCCCCCCCCCCCCC(=O)O.O=C(O)C(F)(F)F. The number of unbranched alkanes of at least 4 members (excludes halogenated alkanes) is 14. The van der Waals surface area contributed by atoms with Gasteiger partial charge < -0.3 is 10.2 Å². The second-order valence-electron chi connectivity index (χ2n) is 6.90. The quantitative estimate of drug-likeness (QED) is 0.275. The summed E-state index contributed by atoms with van der Waals surface area (Å²) in [5, 5.41) is 15.6. The molecule has 0 radical (unpaired) electrons. The second-order valence-corrected chi connectivity index (χ2v) is 6.90. The summed E-state index contributed by atoms with van der Waals surface area (Å²) in [7, 11) is 0. The lowest BCUT2D eigenvalue weighted by atomic mass is 10.0. The van der Waals surface area contributed by atoms with Crippen molar-refractivity contribution < 1.29 is 33.0 Å². The van der Waals surface area contributed by atoms with Gasteiger partial charge in [0.1, 0.15) is 0 Å². The van der Waals surface area contributed by atoms with Crippen LogP contribution in [0.3, 0.4) is 0 Å². The lowest BCUT2D eigenvalue weighted by Gasteiger charge is -2.03. The average Bonchev–Trinajstić information content (AvgIpc) is 2.57. The van der Waals surface area contributed by atoms with Crippen molar-refractivity contribution in [1.29, 1.82) is 0 Å². The van der Waals surface area contributed by atoms with Gasteiger partial charge in [-0.1, -0.05) is 96.8 Å². The largest absolute Gasteiger partial charge is 0.490 e. The summed E-state index contributed by atoms with van der Waals surface area (Å²) >= 11 is 0. The molecule has 0 saturated carbocycles. The fraction of sp³-hybridized carbons (Fsp3) is 0.900. The Balaban J connectivity index is 0. The highest BCUT2D eigenvalue weighted by Gasteiger charge is 2.38. The molecule has 0 fully saturated rings. The maximum atomic E-state index is 10.6. The van der Waals surface area contributed by atoms with E-state index in [2.05, 4.69) is 6.92 Å². The van der Waals surface area contributed by atoms with E-state index in [-0.39, 0.29) is 0 Å². The van der Waals surface area contributed by atoms with E-state index < -0.39 is 18.1 Å². The fourth-order valence-electron chi connectivity index (χ4n) is 2.65.